The maximum Gasteiger partial charge on any atom is 0.277 e. The molecule has 4 aromatic rings. The predicted octanol–water partition coefficient (Wildman–Crippen LogP) is 6.22. The molecule has 1 saturated heterocycles. The van der Waals surface area contributed by atoms with Crippen LogP contribution >= 0.6 is 11.3 Å². The van der Waals surface area contributed by atoms with E-state index in [0.29, 0.717) is 16.0 Å². The summed E-state index contributed by atoms with van der Waals surface area (Å²) in [5.74, 6) is 0.631. The number of likely N-dealkylation sites (tertiary alicyclic amines) is 1. The zero-order chi connectivity index (χ0) is 26.5. The molecule has 0 aliphatic carbocycles. The van der Waals surface area contributed by atoms with Crippen LogP contribution in [0.3, 0.4) is 0 Å². The van der Waals surface area contributed by atoms with E-state index in [2.05, 4.69) is 28.6 Å². The van der Waals surface area contributed by atoms with Gasteiger partial charge in [-0.25, -0.2) is 9.38 Å². The smallest absolute Gasteiger partial charge is 0.277 e. The van der Waals surface area contributed by atoms with Crippen molar-refractivity contribution in [3.05, 3.63) is 45.6 Å². The lowest BCUT2D eigenvalue weighted by Crippen LogP contribution is -2.34. The quantitative estimate of drug-likeness (QED) is 0.234. The van der Waals surface area contributed by atoms with Crippen LogP contribution in [0.1, 0.15) is 88.4 Å². The second-order valence-electron chi connectivity index (χ2n) is 10.8. The molecular formula is C30H41N5O2S. The van der Waals surface area contributed by atoms with Crippen LogP contribution in [0.25, 0.3) is 27.0 Å². The predicted molar refractivity (Wildman–Crippen MR) is 158 cm³/mol. The summed E-state index contributed by atoms with van der Waals surface area (Å²) < 4.78 is 4.56. The molecule has 1 N–H and O–H groups in total. The molecule has 3 aromatic heterocycles. The number of hydrogen-bond acceptors (Lipinski definition) is 5. The summed E-state index contributed by atoms with van der Waals surface area (Å²) in [7, 11) is 0. The number of benzene rings is 1. The van der Waals surface area contributed by atoms with Gasteiger partial charge in [0, 0.05) is 18.2 Å². The Morgan fingerprint density at radius 1 is 1.00 bits per heavy atom. The van der Waals surface area contributed by atoms with E-state index < -0.39 is 0 Å². The zero-order valence-electron chi connectivity index (χ0n) is 22.9. The molecule has 4 heterocycles. The number of fused-ring (bicyclic) bond motifs is 4. The SMILES string of the molecule is CCCCC(CCCC)NC(=O)c1ccc2c(c1)n(CCCN1CCCCC1)c1nc3ccsc3c(=O)n21. The van der Waals surface area contributed by atoms with Crippen LogP contribution in [-0.2, 0) is 6.54 Å². The molecule has 38 heavy (non-hydrogen) atoms. The van der Waals surface area contributed by atoms with Gasteiger partial charge < -0.3 is 14.8 Å². The molecule has 8 heteroatoms. The number of aryl methyl sites for hydroxylation is 1. The number of rotatable bonds is 12. The van der Waals surface area contributed by atoms with Crippen LogP contribution in [0.15, 0.2) is 34.4 Å². The lowest BCUT2D eigenvalue weighted by Gasteiger charge is -2.26. The average molecular weight is 536 g/mol. The van der Waals surface area contributed by atoms with Crippen LogP contribution < -0.4 is 10.9 Å². The number of thiophene rings is 1. The number of nitrogens with one attached hydrogen (secondary N) is 1. The van der Waals surface area contributed by atoms with Crippen LogP contribution in [0.5, 0.6) is 0 Å². The lowest BCUT2D eigenvalue weighted by molar-refractivity contribution is 0.0932. The average Bonchev–Trinajstić information content (AvgIpc) is 3.54. The normalized spacial score (nSPS) is 14.8. The Bertz CT molecular complexity index is 1440. The first-order valence-electron chi connectivity index (χ1n) is 14.6. The summed E-state index contributed by atoms with van der Waals surface area (Å²) >= 11 is 1.44. The summed E-state index contributed by atoms with van der Waals surface area (Å²) in [6.45, 7) is 8.51. The van der Waals surface area contributed by atoms with Gasteiger partial charge in [-0.2, -0.15) is 0 Å². The van der Waals surface area contributed by atoms with Gasteiger partial charge in [-0.05, 0) is 81.4 Å². The molecular weight excluding hydrogens is 494 g/mol. The van der Waals surface area contributed by atoms with Crippen molar-refractivity contribution in [1.29, 1.82) is 0 Å². The summed E-state index contributed by atoms with van der Waals surface area (Å²) in [4.78, 5) is 34.3. The van der Waals surface area contributed by atoms with Crippen molar-refractivity contribution in [1.82, 2.24) is 24.2 Å². The molecule has 1 aromatic carbocycles. The Morgan fingerprint density at radius 3 is 2.50 bits per heavy atom. The highest BCUT2D eigenvalue weighted by atomic mass is 32.1. The minimum Gasteiger partial charge on any atom is -0.349 e. The Labute approximate surface area is 228 Å². The van der Waals surface area contributed by atoms with Crippen LogP contribution in [0.2, 0.25) is 0 Å². The van der Waals surface area contributed by atoms with Gasteiger partial charge in [-0.3, -0.25) is 9.59 Å². The molecule has 0 bridgehead atoms. The van der Waals surface area contributed by atoms with Crippen molar-refractivity contribution in [2.75, 3.05) is 19.6 Å². The summed E-state index contributed by atoms with van der Waals surface area (Å²) in [5.41, 5.74) is 3.07. The number of nitrogens with zero attached hydrogens (tertiary/aromatic N) is 4. The maximum atomic E-state index is 13.5. The third kappa shape index (κ3) is 5.66. The first-order chi connectivity index (χ1) is 18.6. The van der Waals surface area contributed by atoms with E-state index in [1.165, 1.54) is 43.7 Å². The van der Waals surface area contributed by atoms with Gasteiger partial charge in [0.25, 0.3) is 11.5 Å². The van der Waals surface area contributed by atoms with Crippen LogP contribution in [0, 0.1) is 0 Å². The van der Waals surface area contributed by atoms with Gasteiger partial charge in [0.15, 0.2) is 0 Å². The molecule has 0 atom stereocenters. The van der Waals surface area contributed by atoms with Crippen molar-refractivity contribution < 1.29 is 4.79 Å². The van der Waals surface area contributed by atoms with E-state index in [-0.39, 0.29) is 17.5 Å². The fourth-order valence-corrected chi connectivity index (χ4v) is 6.55. The minimum atomic E-state index is -0.0319. The topological polar surface area (TPSA) is 71.6 Å². The minimum absolute atomic E-state index is 0.0313. The van der Waals surface area contributed by atoms with E-state index in [1.54, 1.807) is 4.40 Å². The van der Waals surface area contributed by atoms with Crippen molar-refractivity contribution in [3.63, 3.8) is 0 Å². The second-order valence-corrected chi connectivity index (χ2v) is 11.7. The molecule has 0 unspecified atom stereocenters. The molecule has 1 fully saturated rings. The third-order valence-electron chi connectivity index (χ3n) is 7.93. The molecule has 1 amide bonds. The highest BCUT2D eigenvalue weighted by molar-refractivity contribution is 7.17. The largest absolute Gasteiger partial charge is 0.349 e. The number of carbonyl (C=O) groups is 1. The van der Waals surface area contributed by atoms with E-state index in [1.807, 2.05) is 29.6 Å². The van der Waals surface area contributed by atoms with Gasteiger partial charge in [0.2, 0.25) is 5.78 Å². The Kier molecular flexibility index (Phi) is 8.79. The molecule has 0 radical (unpaired) electrons. The van der Waals surface area contributed by atoms with Crippen LogP contribution in [-0.4, -0.2) is 50.4 Å². The molecule has 0 saturated carbocycles. The van der Waals surface area contributed by atoms with E-state index in [9.17, 15) is 9.59 Å². The summed E-state index contributed by atoms with van der Waals surface area (Å²) in [5, 5.41) is 5.23. The first kappa shape index (κ1) is 26.9. The first-order valence-corrected chi connectivity index (χ1v) is 15.4. The summed E-state index contributed by atoms with van der Waals surface area (Å²) in [6.07, 6.45) is 11.4. The Balaban J connectivity index is 1.49. The van der Waals surface area contributed by atoms with E-state index in [4.69, 9.17) is 4.98 Å². The highest BCUT2D eigenvalue weighted by Crippen LogP contribution is 2.24. The Hall–Kier alpha value is -2.71. The molecule has 5 rings (SSSR count). The number of amides is 1. The van der Waals surface area contributed by atoms with Crippen molar-refractivity contribution in [3.8, 4) is 0 Å². The number of aromatic nitrogens is 3. The number of carbonyl (C=O) groups excluding carboxylic acids is 1. The second kappa shape index (κ2) is 12.4. The lowest BCUT2D eigenvalue weighted by atomic mass is 10.0. The third-order valence-corrected chi connectivity index (χ3v) is 8.82. The van der Waals surface area contributed by atoms with Gasteiger partial charge in [0.05, 0.1) is 16.6 Å². The van der Waals surface area contributed by atoms with Crippen LogP contribution in [0.4, 0.5) is 0 Å². The monoisotopic (exact) mass is 535 g/mol. The molecule has 0 spiro atoms. The molecule has 1 aliphatic rings. The summed E-state index contributed by atoms with van der Waals surface area (Å²) in [6, 6.07) is 7.86. The highest BCUT2D eigenvalue weighted by Gasteiger charge is 2.20. The van der Waals surface area contributed by atoms with Gasteiger partial charge in [-0.1, -0.05) is 46.0 Å². The molecule has 7 nitrogen and oxygen atoms in total. The van der Waals surface area contributed by atoms with E-state index >= 15 is 0 Å². The van der Waals surface area contributed by atoms with Gasteiger partial charge >= 0.3 is 0 Å². The zero-order valence-corrected chi connectivity index (χ0v) is 23.7. The fraction of sp³-hybridized carbons (Fsp3) is 0.567. The van der Waals surface area contributed by atoms with Gasteiger partial charge in [0.1, 0.15) is 4.70 Å². The van der Waals surface area contributed by atoms with Gasteiger partial charge in [-0.15, -0.1) is 11.3 Å². The molecule has 204 valence electrons. The standard InChI is InChI=1S/C30H41N5O2S/c1-3-5-11-23(12-6-4-2)31-28(36)22-13-14-25-26(21-22)34(19-10-18-33-16-8-7-9-17-33)30-32-24-15-20-38-27(24)29(37)35(25)30/h13-15,20-21,23H,3-12,16-19H2,1-2H3,(H,31,36). The van der Waals surface area contributed by atoms with Crippen molar-refractivity contribution >= 4 is 44.3 Å². The van der Waals surface area contributed by atoms with Crippen molar-refractivity contribution in [2.24, 2.45) is 0 Å². The maximum absolute atomic E-state index is 13.5. The Morgan fingerprint density at radius 2 is 1.76 bits per heavy atom. The fourth-order valence-electron chi connectivity index (χ4n) is 5.79. The number of imidazole rings is 1. The van der Waals surface area contributed by atoms with Crippen molar-refractivity contribution in [2.45, 2.75) is 90.6 Å². The number of unbranched alkanes of at least 4 members (excludes halogenated alkanes) is 2. The van der Waals surface area contributed by atoms with E-state index in [0.717, 1.165) is 74.6 Å². The number of hydrogen-bond donors (Lipinski definition) is 1. The molecule has 1 aliphatic heterocycles. The number of piperidine rings is 1.